The number of alkyl halides is 2. The van der Waals surface area contributed by atoms with Crippen LogP contribution in [0.3, 0.4) is 0 Å². The maximum atomic E-state index is 11.8. The zero-order valence-corrected chi connectivity index (χ0v) is 13.5. The summed E-state index contributed by atoms with van der Waals surface area (Å²) >= 11 is 6.58. The lowest BCUT2D eigenvalue weighted by atomic mass is 10.2. The Morgan fingerprint density at radius 1 is 1.55 bits per heavy atom. The molecule has 20 heavy (non-hydrogen) atoms. The van der Waals surface area contributed by atoms with Gasteiger partial charge in [-0.05, 0) is 0 Å². The normalized spacial score (nSPS) is 27.7. The zero-order chi connectivity index (χ0) is 14.9. The van der Waals surface area contributed by atoms with Gasteiger partial charge in [0.2, 0.25) is 0 Å². The third-order valence-corrected chi connectivity index (χ3v) is 5.50. The van der Waals surface area contributed by atoms with E-state index >= 15 is 0 Å². The summed E-state index contributed by atoms with van der Waals surface area (Å²) in [6.07, 6.45) is -0.682. The molecule has 1 aliphatic heterocycles. The maximum Gasteiger partial charge on any atom is 0.330 e. The molecule has 0 spiro atoms. The molecule has 0 amide bonds. The number of aromatic nitrogens is 2. The lowest BCUT2D eigenvalue weighted by Crippen LogP contribution is -2.34. The minimum Gasteiger partial charge on any atom is -0.394 e. The molecular weight excluding hydrogens is 400 g/mol. The van der Waals surface area contributed by atoms with Gasteiger partial charge in [-0.2, -0.15) is 0 Å². The molecule has 2 heterocycles. The van der Waals surface area contributed by atoms with Gasteiger partial charge in [0, 0.05) is 23.5 Å². The van der Waals surface area contributed by atoms with E-state index in [1.54, 1.807) is 0 Å². The molecule has 1 unspecified atom stereocenters. The molecule has 112 valence electrons. The molecule has 0 aromatic carbocycles. The van der Waals surface area contributed by atoms with Crippen LogP contribution in [-0.4, -0.2) is 43.9 Å². The van der Waals surface area contributed by atoms with Gasteiger partial charge < -0.3 is 14.9 Å². The Morgan fingerprint density at radius 2 is 2.25 bits per heavy atom. The lowest BCUT2D eigenvalue weighted by molar-refractivity contribution is -0.0459. The average molecular weight is 414 g/mol. The standard InChI is InChI=1S/C11H14Br2N2O5/c12-2-6(13)5-3-15(11(19)14-10(5)18)9-1-7(17)8(4-16)20-9/h3,6-9,16-17H,1-2,4H2,(H,14,18,19)/t6?,7-,8+,9+/m0/s1. The summed E-state index contributed by atoms with van der Waals surface area (Å²) in [7, 11) is 0. The van der Waals surface area contributed by atoms with Crippen LogP contribution in [-0.2, 0) is 4.74 Å². The second-order valence-corrected chi connectivity index (χ2v) is 6.24. The van der Waals surface area contributed by atoms with Crippen molar-refractivity contribution in [1.82, 2.24) is 9.55 Å². The van der Waals surface area contributed by atoms with E-state index in [0.717, 1.165) is 0 Å². The number of aliphatic hydroxyl groups is 2. The summed E-state index contributed by atoms with van der Waals surface area (Å²) in [5.41, 5.74) is -0.694. The van der Waals surface area contributed by atoms with Crippen molar-refractivity contribution in [1.29, 1.82) is 0 Å². The molecule has 1 aliphatic rings. The number of hydrogen-bond donors (Lipinski definition) is 3. The van der Waals surface area contributed by atoms with Gasteiger partial charge in [-0.25, -0.2) is 4.79 Å². The largest absolute Gasteiger partial charge is 0.394 e. The first kappa shape index (κ1) is 15.9. The summed E-state index contributed by atoms with van der Waals surface area (Å²) in [6, 6.07) is 0. The molecule has 1 aromatic heterocycles. The first-order valence-electron chi connectivity index (χ1n) is 5.97. The third-order valence-electron chi connectivity index (χ3n) is 3.16. The molecule has 1 aromatic rings. The highest BCUT2D eigenvalue weighted by atomic mass is 79.9. The van der Waals surface area contributed by atoms with Crippen molar-refractivity contribution < 1.29 is 14.9 Å². The van der Waals surface area contributed by atoms with Crippen LogP contribution in [0.15, 0.2) is 15.8 Å². The van der Waals surface area contributed by atoms with E-state index in [9.17, 15) is 14.7 Å². The molecule has 1 saturated heterocycles. The molecule has 1 fully saturated rings. The van der Waals surface area contributed by atoms with Crippen LogP contribution in [0.4, 0.5) is 0 Å². The summed E-state index contributed by atoms with van der Waals surface area (Å²) in [4.78, 5) is 25.6. The Kier molecular flexibility index (Phi) is 5.19. The minimum atomic E-state index is -0.844. The number of rotatable bonds is 4. The van der Waals surface area contributed by atoms with Crippen molar-refractivity contribution in [2.75, 3.05) is 11.9 Å². The highest BCUT2D eigenvalue weighted by Crippen LogP contribution is 2.28. The van der Waals surface area contributed by atoms with E-state index < -0.39 is 29.7 Å². The van der Waals surface area contributed by atoms with Crippen LogP contribution in [0, 0.1) is 0 Å². The van der Waals surface area contributed by atoms with Gasteiger partial charge in [0.15, 0.2) is 0 Å². The maximum absolute atomic E-state index is 11.8. The van der Waals surface area contributed by atoms with E-state index in [-0.39, 0.29) is 17.9 Å². The van der Waals surface area contributed by atoms with E-state index in [2.05, 4.69) is 36.8 Å². The number of aromatic amines is 1. The Labute approximate surface area is 130 Å². The highest BCUT2D eigenvalue weighted by molar-refractivity contribution is 9.12. The topological polar surface area (TPSA) is 105 Å². The molecule has 9 heteroatoms. The molecule has 4 atom stereocenters. The predicted octanol–water partition coefficient (Wildman–Crippen LogP) is 0.00820. The number of halogens is 2. The second kappa shape index (κ2) is 6.52. The number of hydrogen-bond acceptors (Lipinski definition) is 5. The molecule has 3 N–H and O–H groups in total. The minimum absolute atomic E-state index is 0.178. The molecule has 0 saturated carbocycles. The van der Waals surface area contributed by atoms with Crippen molar-refractivity contribution in [3.8, 4) is 0 Å². The summed E-state index contributed by atoms with van der Waals surface area (Å²) in [6.45, 7) is -0.328. The fourth-order valence-electron chi connectivity index (χ4n) is 2.07. The van der Waals surface area contributed by atoms with E-state index in [4.69, 9.17) is 9.84 Å². The molecule has 2 rings (SSSR count). The Bertz CT molecular complexity index is 587. The predicted molar refractivity (Wildman–Crippen MR) is 78.4 cm³/mol. The van der Waals surface area contributed by atoms with Crippen molar-refractivity contribution in [3.63, 3.8) is 0 Å². The monoisotopic (exact) mass is 412 g/mol. The molecule has 0 aliphatic carbocycles. The quantitative estimate of drug-likeness (QED) is 0.603. The van der Waals surface area contributed by atoms with Crippen molar-refractivity contribution in [2.45, 2.75) is 29.7 Å². The number of ether oxygens (including phenoxy) is 1. The first-order valence-corrected chi connectivity index (χ1v) is 8.01. The van der Waals surface area contributed by atoms with Crippen LogP contribution < -0.4 is 11.2 Å². The third kappa shape index (κ3) is 3.06. The smallest absolute Gasteiger partial charge is 0.330 e. The van der Waals surface area contributed by atoms with Gasteiger partial charge in [-0.3, -0.25) is 14.3 Å². The Hall–Kier alpha value is -0.480. The van der Waals surface area contributed by atoms with Gasteiger partial charge in [-0.15, -0.1) is 0 Å². The summed E-state index contributed by atoms with van der Waals surface area (Å²) < 4.78 is 6.64. The molecule has 0 radical (unpaired) electrons. The summed E-state index contributed by atoms with van der Waals surface area (Å²) in [5.74, 6) is 0. The Morgan fingerprint density at radius 3 is 2.80 bits per heavy atom. The first-order chi connectivity index (χ1) is 9.47. The van der Waals surface area contributed by atoms with E-state index in [1.807, 2.05) is 0 Å². The fourth-order valence-corrected chi connectivity index (χ4v) is 2.75. The summed E-state index contributed by atoms with van der Waals surface area (Å²) in [5, 5.41) is 19.3. The van der Waals surface area contributed by atoms with Crippen molar-refractivity contribution in [2.24, 2.45) is 0 Å². The zero-order valence-electron chi connectivity index (χ0n) is 10.3. The molecule has 0 bridgehead atoms. The number of nitrogens with one attached hydrogen (secondary N) is 1. The van der Waals surface area contributed by atoms with Gasteiger partial charge in [-0.1, -0.05) is 31.9 Å². The fraction of sp³-hybridized carbons (Fsp3) is 0.636. The van der Waals surface area contributed by atoms with Crippen LogP contribution >= 0.6 is 31.9 Å². The number of aliphatic hydroxyl groups excluding tert-OH is 2. The second-order valence-electron chi connectivity index (χ2n) is 4.49. The Balaban J connectivity index is 2.38. The highest BCUT2D eigenvalue weighted by Gasteiger charge is 2.35. The van der Waals surface area contributed by atoms with Gasteiger partial charge in [0.05, 0.1) is 17.5 Å². The molecule has 7 nitrogen and oxygen atoms in total. The van der Waals surface area contributed by atoms with Crippen LogP contribution in [0.2, 0.25) is 0 Å². The SMILES string of the molecule is O=c1[nH]c(=O)n([C@H]2C[C@H](O)[C@@H](CO)O2)cc1C(Br)CBr. The van der Waals surface area contributed by atoms with E-state index in [1.165, 1.54) is 10.8 Å². The van der Waals surface area contributed by atoms with Gasteiger partial charge >= 0.3 is 5.69 Å². The number of H-pyrrole nitrogens is 1. The average Bonchev–Trinajstić information content (AvgIpc) is 2.79. The van der Waals surface area contributed by atoms with Crippen LogP contribution in [0.25, 0.3) is 0 Å². The molecular formula is C11H14Br2N2O5. The van der Waals surface area contributed by atoms with Gasteiger partial charge in [0.1, 0.15) is 12.3 Å². The van der Waals surface area contributed by atoms with Crippen LogP contribution in [0.5, 0.6) is 0 Å². The van der Waals surface area contributed by atoms with Gasteiger partial charge in [0.25, 0.3) is 5.56 Å². The lowest BCUT2D eigenvalue weighted by Gasteiger charge is -2.16. The van der Waals surface area contributed by atoms with Crippen molar-refractivity contribution in [3.05, 3.63) is 32.6 Å². The van der Waals surface area contributed by atoms with Crippen molar-refractivity contribution >= 4 is 31.9 Å². The van der Waals surface area contributed by atoms with E-state index in [0.29, 0.717) is 10.9 Å². The number of nitrogens with zero attached hydrogens (tertiary/aromatic N) is 1. The van der Waals surface area contributed by atoms with Crippen LogP contribution in [0.1, 0.15) is 23.0 Å².